The van der Waals surface area contributed by atoms with E-state index in [0.717, 1.165) is 21.0 Å². The van der Waals surface area contributed by atoms with Crippen LogP contribution in [0.1, 0.15) is 37.0 Å². The van der Waals surface area contributed by atoms with E-state index in [2.05, 4.69) is 5.32 Å². The summed E-state index contributed by atoms with van der Waals surface area (Å²) in [5.74, 6) is -0.162. The minimum atomic E-state index is -4.10. The zero-order valence-corrected chi connectivity index (χ0v) is 24.0. The molecule has 3 aromatic rings. The van der Waals surface area contributed by atoms with Gasteiger partial charge in [-0.2, -0.15) is 0 Å². The van der Waals surface area contributed by atoms with Crippen LogP contribution in [0.3, 0.4) is 0 Å². The van der Waals surface area contributed by atoms with Crippen molar-refractivity contribution in [3.8, 4) is 5.75 Å². The molecule has 3 aromatic carbocycles. The van der Waals surface area contributed by atoms with Crippen molar-refractivity contribution < 1.29 is 22.7 Å². The van der Waals surface area contributed by atoms with E-state index in [-0.39, 0.29) is 17.3 Å². The summed E-state index contributed by atoms with van der Waals surface area (Å²) in [6.07, 6.45) is 0.358. The summed E-state index contributed by atoms with van der Waals surface area (Å²) in [5.41, 5.74) is 2.86. The lowest BCUT2D eigenvalue weighted by Crippen LogP contribution is -2.52. The normalized spacial score (nSPS) is 11.9. The topological polar surface area (TPSA) is 96.0 Å². The van der Waals surface area contributed by atoms with Gasteiger partial charge in [0.1, 0.15) is 18.3 Å². The molecule has 0 heterocycles. The number of likely N-dealkylation sites (N-methyl/N-ethyl adjacent to an activating group) is 1. The van der Waals surface area contributed by atoms with E-state index in [1.165, 1.54) is 17.0 Å². The minimum absolute atomic E-state index is 0.0767. The maximum Gasteiger partial charge on any atom is 0.264 e. The number of sulfonamides is 1. The molecule has 0 aromatic heterocycles. The van der Waals surface area contributed by atoms with E-state index in [1.54, 1.807) is 43.5 Å². The van der Waals surface area contributed by atoms with Crippen molar-refractivity contribution in [3.05, 3.63) is 89.5 Å². The average Bonchev–Trinajstić information content (AvgIpc) is 2.92. The molecule has 9 heteroatoms. The number of ether oxygens (including phenoxy) is 1. The van der Waals surface area contributed by atoms with Crippen molar-refractivity contribution in [2.45, 2.75) is 51.6 Å². The number of hydrogen-bond acceptors (Lipinski definition) is 5. The Labute approximate surface area is 231 Å². The first-order valence-electron chi connectivity index (χ1n) is 13.0. The fraction of sp³-hybridized carbons (Fsp3) is 0.333. The van der Waals surface area contributed by atoms with Crippen molar-refractivity contribution in [2.75, 3.05) is 24.5 Å². The molecule has 0 bridgehead atoms. The minimum Gasteiger partial charge on any atom is -0.497 e. The molecule has 2 amide bonds. The van der Waals surface area contributed by atoms with Crippen LogP contribution in [-0.2, 0) is 26.2 Å². The summed E-state index contributed by atoms with van der Waals surface area (Å²) >= 11 is 0. The predicted octanol–water partition coefficient (Wildman–Crippen LogP) is 4.45. The van der Waals surface area contributed by atoms with E-state index < -0.39 is 28.5 Å². The van der Waals surface area contributed by atoms with E-state index in [0.29, 0.717) is 24.4 Å². The first kappa shape index (κ1) is 29.7. The van der Waals surface area contributed by atoms with Gasteiger partial charge in [-0.15, -0.1) is 0 Å². The van der Waals surface area contributed by atoms with Crippen LogP contribution in [0.25, 0.3) is 0 Å². The van der Waals surface area contributed by atoms with Crippen molar-refractivity contribution in [1.82, 2.24) is 10.2 Å². The highest BCUT2D eigenvalue weighted by Crippen LogP contribution is 2.28. The highest BCUT2D eigenvalue weighted by atomic mass is 32.2. The van der Waals surface area contributed by atoms with Crippen LogP contribution in [0.2, 0.25) is 0 Å². The van der Waals surface area contributed by atoms with E-state index in [4.69, 9.17) is 4.74 Å². The number of carbonyl (C=O) groups is 2. The highest BCUT2D eigenvalue weighted by Gasteiger charge is 2.34. The van der Waals surface area contributed by atoms with E-state index in [1.807, 2.05) is 52.0 Å². The number of nitrogens with one attached hydrogen (secondary N) is 1. The van der Waals surface area contributed by atoms with Gasteiger partial charge in [0, 0.05) is 13.1 Å². The number of hydrogen-bond donors (Lipinski definition) is 1. The van der Waals surface area contributed by atoms with Gasteiger partial charge in [0.25, 0.3) is 10.0 Å². The number of carbonyl (C=O) groups excluding carboxylic acids is 2. The Kier molecular flexibility index (Phi) is 10.1. The van der Waals surface area contributed by atoms with Crippen LogP contribution in [0.4, 0.5) is 5.69 Å². The molecule has 1 atom stereocenters. The van der Waals surface area contributed by atoms with Gasteiger partial charge in [-0.25, -0.2) is 8.42 Å². The van der Waals surface area contributed by atoms with Crippen LogP contribution in [-0.4, -0.2) is 51.4 Å². The average molecular weight is 552 g/mol. The Morgan fingerprint density at radius 2 is 1.67 bits per heavy atom. The van der Waals surface area contributed by atoms with Crippen molar-refractivity contribution in [3.63, 3.8) is 0 Å². The molecule has 3 rings (SSSR count). The SMILES string of the molecule is CCNC(=O)[C@H](CC)N(Cc1cccc(OC)c1)C(=O)CN(c1ccc(C)cc1C)S(=O)(=O)c1ccccc1. The fourth-order valence-electron chi connectivity index (χ4n) is 4.50. The lowest BCUT2D eigenvalue weighted by molar-refractivity contribution is -0.140. The Morgan fingerprint density at radius 3 is 2.28 bits per heavy atom. The number of methoxy groups -OCH3 is 1. The van der Waals surface area contributed by atoms with E-state index >= 15 is 0 Å². The Morgan fingerprint density at radius 1 is 0.949 bits per heavy atom. The molecule has 0 unspecified atom stereocenters. The molecule has 0 aliphatic heterocycles. The Hall–Kier alpha value is -3.85. The van der Waals surface area contributed by atoms with Gasteiger partial charge in [-0.1, -0.05) is 55.0 Å². The number of anilines is 1. The monoisotopic (exact) mass is 551 g/mol. The predicted molar refractivity (Wildman–Crippen MR) is 153 cm³/mol. The van der Waals surface area contributed by atoms with Crippen molar-refractivity contribution in [1.29, 1.82) is 0 Å². The largest absolute Gasteiger partial charge is 0.497 e. The first-order valence-corrected chi connectivity index (χ1v) is 14.4. The molecule has 0 aliphatic carbocycles. The third-order valence-electron chi connectivity index (χ3n) is 6.46. The molecule has 0 spiro atoms. The summed E-state index contributed by atoms with van der Waals surface area (Å²) in [4.78, 5) is 28.6. The molecule has 8 nitrogen and oxygen atoms in total. The maximum atomic E-state index is 14.1. The molecular weight excluding hydrogens is 514 g/mol. The summed E-state index contributed by atoms with van der Waals surface area (Å²) in [6.45, 7) is 7.43. The second kappa shape index (κ2) is 13.3. The van der Waals surface area contributed by atoms with E-state index in [9.17, 15) is 18.0 Å². The third kappa shape index (κ3) is 7.17. The summed E-state index contributed by atoms with van der Waals surface area (Å²) in [6, 6.07) is 19.9. The number of nitrogens with zero attached hydrogens (tertiary/aromatic N) is 2. The molecule has 0 fully saturated rings. The summed E-state index contributed by atoms with van der Waals surface area (Å²) in [5, 5.41) is 2.81. The summed E-state index contributed by atoms with van der Waals surface area (Å²) < 4.78 is 34.3. The molecule has 39 heavy (non-hydrogen) atoms. The van der Waals surface area contributed by atoms with Gasteiger partial charge in [0.2, 0.25) is 11.8 Å². The lowest BCUT2D eigenvalue weighted by Gasteiger charge is -2.33. The van der Waals surface area contributed by atoms with Crippen molar-refractivity contribution >= 4 is 27.5 Å². The zero-order chi connectivity index (χ0) is 28.6. The Balaban J connectivity index is 2.09. The van der Waals surface area contributed by atoms with Gasteiger partial charge in [0.15, 0.2) is 0 Å². The van der Waals surface area contributed by atoms with Gasteiger partial charge in [0.05, 0.1) is 17.7 Å². The quantitative estimate of drug-likeness (QED) is 0.359. The third-order valence-corrected chi connectivity index (χ3v) is 8.23. The smallest absolute Gasteiger partial charge is 0.264 e. The Bertz CT molecular complexity index is 1390. The van der Waals surface area contributed by atoms with Crippen LogP contribution in [0, 0.1) is 13.8 Å². The lowest BCUT2D eigenvalue weighted by atomic mass is 10.1. The highest BCUT2D eigenvalue weighted by molar-refractivity contribution is 7.92. The number of aryl methyl sites for hydroxylation is 2. The summed E-state index contributed by atoms with van der Waals surface area (Å²) in [7, 11) is -2.54. The van der Waals surface area contributed by atoms with Gasteiger partial charge >= 0.3 is 0 Å². The number of benzene rings is 3. The van der Waals surface area contributed by atoms with Crippen LogP contribution in [0.5, 0.6) is 5.75 Å². The maximum absolute atomic E-state index is 14.1. The van der Waals surface area contributed by atoms with Crippen LogP contribution >= 0.6 is 0 Å². The molecule has 0 saturated carbocycles. The molecular formula is C30H37N3O5S. The molecule has 1 N–H and O–H groups in total. The van der Waals surface area contributed by atoms with Crippen LogP contribution in [0.15, 0.2) is 77.7 Å². The standard InChI is InChI=1S/C30H37N3O5S/c1-6-27(30(35)31-7-2)32(20-24-12-11-13-25(19-24)38-5)29(34)21-33(28-17-16-22(3)18-23(28)4)39(36,37)26-14-9-8-10-15-26/h8-19,27H,6-7,20-21H2,1-5H3,(H,31,35)/t27-/m0/s1. The zero-order valence-electron chi connectivity index (χ0n) is 23.2. The first-order chi connectivity index (χ1) is 18.6. The van der Waals surface area contributed by atoms with Crippen LogP contribution < -0.4 is 14.4 Å². The van der Waals surface area contributed by atoms with Gasteiger partial charge in [-0.3, -0.25) is 13.9 Å². The molecule has 208 valence electrons. The molecule has 0 radical (unpaired) electrons. The van der Waals surface area contributed by atoms with Gasteiger partial charge < -0.3 is 15.0 Å². The molecule has 0 aliphatic rings. The number of amides is 2. The second-order valence-electron chi connectivity index (χ2n) is 9.31. The van der Waals surface area contributed by atoms with Gasteiger partial charge in [-0.05, 0) is 68.7 Å². The van der Waals surface area contributed by atoms with Crippen molar-refractivity contribution in [2.24, 2.45) is 0 Å². The number of rotatable bonds is 12. The molecule has 0 saturated heterocycles. The fourth-order valence-corrected chi connectivity index (χ4v) is 6.00. The second-order valence-corrected chi connectivity index (χ2v) is 11.2.